The molecule has 3 heterocycles. The number of carbonyl (C=O) groups is 1. The molecule has 24 heavy (non-hydrogen) atoms. The van der Waals surface area contributed by atoms with Crippen LogP contribution in [0.3, 0.4) is 0 Å². The molecule has 2 aromatic heterocycles. The Kier molecular flexibility index (Phi) is 4.98. The number of piperidine rings is 1. The van der Waals surface area contributed by atoms with E-state index in [0.717, 1.165) is 30.9 Å². The fraction of sp³-hybridized carbons (Fsp3) is 0.471. The molecule has 1 saturated heterocycles. The van der Waals surface area contributed by atoms with Crippen LogP contribution in [0.25, 0.3) is 0 Å². The summed E-state index contributed by atoms with van der Waals surface area (Å²) in [5, 5.41) is 5.95. The lowest BCUT2D eigenvalue weighted by Gasteiger charge is -2.33. The zero-order valence-corrected chi connectivity index (χ0v) is 14.0. The van der Waals surface area contributed by atoms with Crippen LogP contribution in [0.2, 0.25) is 0 Å². The highest BCUT2D eigenvalue weighted by Gasteiger charge is 2.23. The summed E-state index contributed by atoms with van der Waals surface area (Å²) in [5.41, 5.74) is 0. The number of aryl methyl sites for hydroxylation is 1. The topological polar surface area (TPSA) is 83.3 Å². The van der Waals surface area contributed by atoms with Crippen LogP contribution < -0.4 is 15.5 Å². The summed E-state index contributed by atoms with van der Waals surface area (Å²) < 4.78 is 5.54. The average molecular weight is 329 g/mol. The van der Waals surface area contributed by atoms with E-state index in [1.54, 1.807) is 18.5 Å². The summed E-state index contributed by atoms with van der Waals surface area (Å²) >= 11 is 0. The molecule has 128 valence electrons. The Morgan fingerprint density at radius 2 is 2.17 bits per heavy atom. The molecule has 2 atom stereocenters. The number of carbonyl (C=O) groups excluding carboxylic acids is 1. The quantitative estimate of drug-likeness (QED) is 0.900. The Morgan fingerprint density at radius 3 is 2.88 bits per heavy atom. The van der Waals surface area contributed by atoms with Crippen LogP contribution in [0.15, 0.2) is 35.0 Å². The minimum atomic E-state index is -0.183. The summed E-state index contributed by atoms with van der Waals surface area (Å²) in [4.78, 5) is 22.9. The lowest BCUT2D eigenvalue weighted by Crippen LogP contribution is -2.51. The minimum absolute atomic E-state index is 0.0769. The van der Waals surface area contributed by atoms with Gasteiger partial charge in [-0.3, -0.25) is 0 Å². The summed E-state index contributed by atoms with van der Waals surface area (Å²) in [7, 11) is 0. The molecule has 0 aliphatic carbocycles. The van der Waals surface area contributed by atoms with Crippen molar-refractivity contribution in [1.29, 1.82) is 0 Å². The normalized spacial score (nSPS) is 18.9. The molecule has 0 saturated carbocycles. The smallest absolute Gasteiger partial charge is 0.315 e. The molecule has 2 amide bonds. The number of nitrogens with one attached hydrogen (secondary N) is 2. The average Bonchev–Trinajstić information content (AvgIpc) is 3.02. The first-order valence-electron chi connectivity index (χ1n) is 8.27. The van der Waals surface area contributed by atoms with Gasteiger partial charge in [0.15, 0.2) is 0 Å². The Balaban J connectivity index is 1.52. The molecule has 0 bridgehead atoms. The van der Waals surface area contributed by atoms with Gasteiger partial charge >= 0.3 is 6.03 Å². The minimum Gasteiger partial charge on any atom is -0.464 e. The Labute approximate surface area is 141 Å². The molecule has 0 aromatic carbocycles. The van der Waals surface area contributed by atoms with Gasteiger partial charge in [0.2, 0.25) is 5.95 Å². The summed E-state index contributed by atoms with van der Waals surface area (Å²) in [6.45, 7) is 5.42. The third kappa shape index (κ3) is 4.04. The first-order chi connectivity index (χ1) is 11.6. The molecule has 1 aliphatic heterocycles. The molecule has 7 heteroatoms. The highest BCUT2D eigenvalue weighted by molar-refractivity contribution is 5.74. The molecular formula is C17H23N5O2. The second-order valence-corrected chi connectivity index (χ2v) is 6.12. The standard InChI is InChI=1S/C17H23N5O2/c1-12-6-7-15(24-12)13(2)20-17(23)21-14-5-3-10-22(11-14)16-18-8-4-9-19-16/h4,6-9,13-14H,3,5,10-11H2,1-2H3,(H2,20,21,23)/t13-,14-/m0/s1. The van der Waals surface area contributed by atoms with Gasteiger partial charge in [0, 0.05) is 31.5 Å². The van der Waals surface area contributed by atoms with Gasteiger partial charge in [-0.05, 0) is 44.9 Å². The largest absolute Gasteiger partial charge is 0.464 e. The number of aromatic nitrogens is 2. The molecule has 0 spiro atoms. The van der Waals surface area contributed by atoms with Gasteiger partial charge in [-0.15, -0.1) is 0 Å². The SMILES string of the molecule is Cc1ccc([C@H](C)NC(=O)N[C@H]2CCCN(c3ncccn3)C2)o1. The number of amides is 2. The van der Waals surface area contributed by atoms with Crippen molar-refractivity contribution in [3.63, 3.8) is 0 Å². The van der Waals surface area contributed by atoms with E-state index in [1.807, 2.05) is 26.0 Å². The number of urea groups is 1. The highest BCUT2D eigenvalue weighted by atomic mass is 16.3. The summed E-state index contributed by atoms with van der Waals surface area (Å²) in [5.74, 6) is 2.30. The maximum atomic E-state index is 12.2. The van der Waals surface area contributed by atoms with Gasteiger partial charge in [-0.25, -0.2) is 14.8 Å². The van der Waals surface area contributed by atoms with Crippen LogP contribution in [0.1, 0.15) is 37.3 Å². The van der Waals surface area contributed by atoms with E-state index in [-0.39, 0.29) is 18.1 Å². The number of furan rings is 1. The van der Waals surface area contributed by atoms with Crippen LogP contribution in [-0.4, -0.2) is 35.1 Å². The van der Waals surface area contributed by atoms with Crippen LogP contribution in [0.5, 0.6) is 0 Å². The van der Waals surface area contributed by atoms with Crippen molar-refractivity contribution in [2.24, 2.45) is 0 Å². The maximum Gasteiger partial charge on any atom is 0.315 e. The van der Waals surface area contributed by atoms with Crippen LogP contribution in [-0.2, 0) is 0 Å². The zero-order valence-electron chi connectivity index (χ0n) is 14.0. The van der Waals surface area contributed by atoms with Gasteiger partial charge in [-0.1, -0.05) is 0 Å². The first-order valence-corrected chi connectivity index (χ1v) is 8.27. The maximum absolute atomic E-state index is 12.2. The molecule has 1 fully saturated rings. The molecule has 0 unspecified atom stereocenters. The van der Waals surface area contributed by atoms with E-state index in [1.165, 1.54) is 0 Å². The van der Waals surface area contributed by atoms with Gasteiger partial charge in [-0.2, -0.15) is 0 Å². The Hall–Kier alpha value is -2.57. The van der Waals surface area contributed by atoms with Crippen molar-refractivity contribution >= 4 is 12.0 Å². The third-order valence-corrected chi connectivity index (χ3v) is 4.13. The monoisotopic (exact) mass is 329 g/mol. The molecule has 1 aliphatic rings. The fourth-order valence-electron chi connectivity index (χ4n) is 2.91. The van der Waals surface area contributed by atoms with Crippen LogP contribution >= 0.6 is 0 Å². The number of hydrogen-bond acceptors (Lipinski definition) is 5. The zero-order chi connectivity index (χ0) is 16.9. The van der Waals surface area contributed by atoms with Crippen molar-refractivity contribution < 1.29 is 9.21 Å². The summed E-state index contributed by atoms with van der Waals surface area (Å²) in [6, 6.07) is 5.30. The van der Waals surface area contributed by atoms with Crippen LogP contribution in [0.4, 0.5) is 10.7 Å². The van der Waals surface area contributed by atoms with Crippen molar-refractivity contribution in [3.8, 4) is 0 Å². The molecule has 0 radical (unpaired) electrons. The molecular weight excluding hydrogens is 306 g/mol. The summed E-state index contributed by atoms with van der Waals surface area (Å²) in [6.07, 6.45) is 5.42. The van der Waals surface area contributed by atoms with E-state index >= 15 is 0 Å². The third-order valence-electron chi connectivity index (χ3n) is 4.13. The van der Waals surface area contributed by atoms with Crippen molar-refractivity contribution in [2.45, 2.75) is 38.8 Å². The van der Waals surface area contributed by atoms with E-state index in [4.69, 9.17) is 4.42 Å². The van der Waals surface area contributed by atoms with Gasteiger partial charge in [0.1, 0.15) is 11.5 Å². The van der Waals surface area contributed by atoms with Crippen molar-refractivity contribution in [1.82, 2.24) is 20.6 Å². The second-order valence-electron chi connectivity index (χ2n) is 6.12. The van der Waals surface area contributed by atoms with Gasteiger partial charge < -0.3 is 20.0 Å². The van der Waals surface area contributed by atoms with Crippen LogP contribution in [0, 0.1) is 6.92 Å². The van der Waals surface area contributed by atoms with E-state index in [2.05, 4.69) is 25.5 Å². The van der Waals surface area contributed by atoms with E-state index in [9.17, 15) is 4.79 Å². The Morgan fingerprint density at radius 1 is 1.38 bits per heavy atom. The molecule has 2 aromatic rings. The van der Waals surface area contributed by atoms with Gasteiger partial charge in [0.25, 0.3) is 0 Å². The molecule has 7 nitrogen and oxygen atoms in total. The predicted octanol–water partition coefficient (Wildman–Crippen LogP) is 2.41. The molecule has 3 rings (SSSR count). The number of anilines is 1. The van der Waals surface area contributed by atoms with Gasteiger partial charge in [0.05, 0.1) is 6.04 Å². The lowest BCUT2D eigenvalue weighted by molar-refractivity contribution is 0.230. The fourth-order valence-corrected chi connectivity index (χ4v) is 2.91. The highest BCUT2D eigenvalue weighted by Crippen LogP contribution is 2.17. The second kappa shape index (κ2) is 7.33. The predicted molar refractivity (Wildman–Crippen MR) is 90.8 cm³/mol. The molecule has 2 N–H and O–H groups in total. The Bertz CT molecular complexity index is 673. The lowest BCUT2D eigenvalue weighted by atomic mass is 10.1. The van der Waals surface area contributed by atoms with E-state index in [0.29, 0.717) is 12.5 Å². The number of rotatable bonds is 4. The van der Waals surface area contributed by atoms with E-state index < -0.39 is 0 Å². The first kappa shape index (κ1) is 16.3. The van der Waals surface area contributed by atoms with Crippen molar-refractivity contribution in [3.05, 3.63) is 42.1 Å². The number of hydrogen-bond donors (Lipinski definition) is 2. The van der Waals surface area contributed by atoms with Crippen molar-refractivity contribution in [2.75, 3.05) is 18.0 Å². The number of nitrogens with zero attached hydrogens (tertiary/aromatic N) is 3.